The molecule has 3 unspecified atom stereocenters. The van der Waals surface area contributed by atoms with Crippen LogP contribution >= 0.6 is 11.6 Å². The van der Waals surface area contributed by atoms with Gasteiger partial charge in [0.2, 0.25) is 0 Å². The lowest BCUT2D eigenvalue weighted by Crippen LogP contribution is -2.25. The van der Waals surface area contributed by atoms with E-state index in [1.54, 1.807) is 0 Å². The minimum absolute atomic E-state index is 0.169. The van der Waals surface area contributed by atoms with Crippen molar-refractivity contribution in [1.29, 1.82) is 0 Å². The Morgan fingerprint density at radius 2 is 2.10 bits per heavy atom. The van der Waals surface area contributed by atoms with E-state index in [0.717, 1.165) is 43.2 Å². The van der Waals surface area contributed by atoms with Crippen LogP contribution in [0.15, 0.2) is 58.9 Å². The number of nitrogens with one attached hydrogen (secondary N) is 2. The van der Waals surface area contributed by atoms with E-state index in [-0.39, 0.29) is 18.1 Å². The molecule has 2 aromatic rings. The Morgan fingerprint density at radius 1 is 1.17 bits per heavy atom. The second kappa shape index (κ2) is 7.81. The van der Waals surface area contributed by atoms with Gasteiger partial charge in [-0.3, -0.25) is 5.01 Å². The van der Waals surface area contributed by atoms with Crippen LogP contribution in [0.1, 0.15) is 48.5 Å². The number of anilines is 1. The number of nitrogens with zero attached hydrogens (tertiary/aromatic N) is 3. The van der Waals surface area contributed by atoms with Gasteiger partial charge < -0.3 is 10.6 Å². The van der Waals surface area contributed by atoms with Gasteiger partial charge in [-0.1, -0.05) is 41.1 Å². The quantitative estimate of drug-likeness (QED) is 0.717. The molecule has 0 aromatic heterocycles. The van der Waals surface area contributed by atoms with Gasteiger partial charge in [-0.2, -0.15) is 5.11 Å². The zero-order chi connectivity index (χ0) is 19.8. The van der Waals surface area contributed by atoms with Crippen LogP contribution < -0.4 is 10.6 Å². The highest BCUT2D eigenvalue weighted by Gasteiger charge is 2.37. The molecule has 0 bridgehead atoms. The van der Waals surface area contributed by atoms with E-state index >= 15 is 0 Å². The maximum Gasteiger partial charge on any atom is 0.0979 e. The van der Waals surface area contributed by atoms with Gasteiger partial charge in [0.1, 0.15) is 0 Å². The molecule has 3 heterocycles. The van der Waals surface area contributed by atoms with Crippen molar-refractivity contribution in [1.82, 2.24) is 10.3 Å². The first-order chi connectivity index (χ1) is 14.2. The van der Waals surface area contributed by atoms with Gasteiger partial charge in [0.15, 0.2) is 0 Å². The lowest BCUT2D eigenvalue weighted by atomic mass is 9.88. The van der Waals surface area contributed by atoms with Crippen LogP contribution in [-0.4, -0.2) is 30.7 Å². The minimum atomic E-state index is 0.169. The predicted molar refractivity (Wildman–Crippen MR) is 118 cm³/mol. The van der Waals surface area contributed by atoms with Crippen molar-refractivity contribution in [2.45, 2.75) is 37.9 Å². The Bertz CT molecular complexity index is 969. The molecular weight excluding hydrogens is 382 g/mol. The highest BCUT2D eigenvalue weighted by atomic mass is 35.5. The maximum absolute atomic E-state index is 6.23. The fourth-order valence-corrected chi connectivity index (χ4v) is 4.89. The smallest absolute Gasteiger partial charge is 0.0979 e. The third-order valence-corrected chi connectivity index (χ3v) is 6.39. The molecule has 29 heavy (non-hydrogen) atoms. The van der Waals surface area contributed by atoms with Crippen LogP contribution in [-0.2, 0) is 0 Å². The summed E-state index contributed by atoms with van der Waals surface area (Å²) >= 11 is 6.23. The van der Waals surface area contributed by atoms with Crippen LogP contribution in [0.3, 0.4) is 0 Å². The summed E-state index contributed by atoms with van der Waals surface area (Å²) < 4.78 is 0. The van der Waals surface area contributed by atoms with Gasteiger partial charge in [-0.15, -0.1) is 0 Å². The fraction of sp³-hybridized carbons (Fsp3) is 0.391. The Labute approximate surface area is 176 Å². The SMILES string of the molecule is CC1N=NN2CCC(Nc3cccc(Cl)c3)c3cc(C4=CCNCC4)ccc3C12. The molecule has 0 saturated heterocycles. The summed E-state index contributed by atoms with van der Waals surface area (Å²) in [6.45, 7) is 5.03. The molecule has 5 rings (SSSR count). The summed E-state index contributed by atoms with van der Waals surface area (Å²) in [7, 11) is 0. The Hall–Kier alpha value is -2.37. The molecule has 0 amide bonds. The molecule has 0 saturated carbocycles. The van der Waals surface area contributed by atoms with Gasteiger partial charge in [-0.25, -0.2) is 0 Å². The lowest BCUT2D eigenvalue weighted by molar-refractivity contribution is 0.227. The first-order valence-electron chi connectivity index (χ1n) is 10.4. The fourth-order valence-electron chi connectivity index (χ4n) is 4.70. The molecule has 0 radical (unpaired) electrons. The van der Waals surface area contributed by atoms with Crippen LogP contribution in [0.25, 0.3) is 5.57 Å². The molecule has 150 valence electrons. The molecule has 2 aromatic carbocycles. The maximum atomic E-state index is 6.23. The molecule has 3 aliphatic heterocycles. The highest BCUT2D eigenvalue weighted by Crippen LogP contribution is 2.42. The largest absolute Gasteiger partial charge is 0.378 e. The van der Waals surface area contributed by atoms with E-state index in [2.05, 4.69) is 63.2 Å². The minimum Gasteiger partial charge on any atom is -0.378 e. The molecule has 6 heteroatoms. The predicted octanol–water partition coefficient (Wildman–Crippen LogP) is 5.39. The topological polar surface area (TPSA) is 52.0 Å². The summed E-state index contributed by atoms with van der Waals surface area (Å²) in [6, 6.07) is 15.5. The van der Waals surface area contributed by atoms with Gasteiger partial charge in [0.05, 0.1) is 18.1 Å². The van der Waals surface area contributed by atoms with Gasteiger partial charge in [-0.05, 0) is 72.8 Å². The average molecular weight is 408 g/mol. The summed E-state index contributed by atoms with van der Waals surface area (Å²) in [5, 5.41) is 19.0. The van der Waals surface area contributed by atoms with Crippen LogP contribution in [0.5, 0.6) is 0 Å². The van der Waals surface area contributed by atoms with E-state index < -0.39 is 0 Å². The molecule has 3 aliphatic rings. The second-order valence-corrected chi connectivity index (χ2v) is 8.51. The van der Waals surface area contributed by atoms with Gasteiger partial charge >= 0.3 is 0 Å². The lowest BCUT2D eigenvalue weighted by Gasteiger charge is -2.25. The van der Waals surface area contributed by atoms with Gasteiger partial charge in [0.25, 0.3) is 0 Å². The van der Waals surface area contributed by atoms with Gasteiger partial charge in [0, 0.05) is 23.8 Å². The second-order valence-electron chi connectivity index (χ2n) is 8.08. The Morgan fingerprint density at radius 3 is 2.93 bits per heavy atom. The van der Waals surface area contributed by atoms with Crippen molar-refractivity contribution < 1.29 is 0 Å². The van der Waals surface area contributed by atoms with Crippen LogP contribution in [0.4, 0.5) is 5.69 Å². The number of hydrogen-bond donors (Lipinski definition) is 2. The third-order valence-electron chi connectivity index (χ3n) is 6.15. The number of halogens is 1. The average Bonchev–Trinajstić information content (AvgIpc) is 3.03. The number of benzene rings is 2. The van der Waals surface area contributed by atoms with E-state index in [1.165, 1.54) is 22.3 Å². The number of hydrogen-bond acceptors (Lipinski definition) is 5. The van der Waals surface area contributed by atoms with Crippen molar-refractivity contribution in [3.05, 3.63) is 70.3 Å². The van der Waals surface area contributed by atoms with E-state index in [1.807, 2.05) is 18.2 Å². The van der Waals surface area contributed by atoms with Crippen molar-refractivity contribution in [2.24, 2.45) is 10.3 Å². The van der Waals surface area contributed by atoms with Crippen molar-refractivity contribution in [2.75, 3.05) is 25.0 Å². The highest BCUT2D eigenvalue weighted by molar-refractivity contribution is 6.30. The Balaban J connectivity index is 1.56. The van der Waals surface area contributed by atoms with E-state index in [4.69, 9.17) is 11.6 Å². The zero-order valence-corrected chi connectivity index (χ0v) is 17.4. The van der Waals surface area contributed by atoms with Crippen molar-refractivity contribution >= 4 is 22.9 Å². The first kappa shape index (κ1) is 18.6. The van der Waals surface area contributed by atoms with E-state index in [9.17, 15) is 0 Å². The molecule has 0 spiro atoms. The standard InChI is InChI=1S/C23H26ClN5/c1-15-23-20-6-5-17(16-7-10-25-11-8-16)13-21(20)22(9-12-29(23)28-27-15)26-19-4-2-3-18(24)14-19/h2-7,13-15,22-23,25-26H,8-12H2,1H3. The van der Waals surface area contributed by atoms with E-state index in [0.29, 0.717) is 0 Å². The summed E-state index contributed by atoms with van der Waals surface area (Å²) in [6.07, 6.45) is 4.35. The molecule has 0 aliphatic carbocycles. The molecule has 3 atom stereocenters. The molecular formula is C23H26ClN5. The summed E-state index contributed by atoms with van der Waals surface area (Å²) in [4.78, 5) is 0. The number of rotatable bonds is 3. The molecule has 2 N–H and O–H groups in total. The first-order valence-corrected chi connectivity index (χ1v) is 10.8. The van der Waals surface area contributed by atoms with Crippen LogP contribution in [0, 0.1) is 0 Å². The zero-order valence-electron chi connectivity index (χ0n) is 16.6. The Kier molecular flexibility index (Phi) is 5.02. The van der Waals surface area contributed by atoms with Crippen molar-refractivity contribution in [3.8, 4) is 0 Å². The molecule has 0 fully saturated rings. The number of fused-ring (bicyclic) bond motifs is 3. The van der Waals surface area contributed by atoms with Crippen LogP contribution in [0.2, 0.25) is 5.02 Å². The van der Waals surface area contributed by atoms with Crippen molar-refractivity contribution in [3.63, 3.8) is 0 Å². The monoisotopic (exact) mass is 407 g/mol. The summed E-state index contributed by atoms with van der Waals surface area (Å²) in [5.74, 6) is 0. The molecule has 5 nitrogen and oxygen atoms in total. The normalized spacial score (nSPS) is 25.8. The summed E-state index contributed by atoms with van der Waals surface area (Å²) in [5.41, 5.74) is 6.50. The third kappa shape index (κ3) is 3.65.